The number of phenols is 1. The zero-order valence-corrected chi connectivity index (χ0v) is 18.6. The number of carbonyl (C=O) groups excluding carboxylic acids is 4. The van der Waals surface area contributed by atoms with E-state index in [1.54, 1.807) is 0 Å². The molecule has 6 N–H and O–H groups in total. The second kappa shape index (κ2) is 7.67. The summed E-state index contributed by atoms with van der Waals surface area (Å²) in [5, 5.41) is 43.8. The summed E-state index contributed by atoms with van der Waals surface area (Å²) in [5.41, 5.74) is 1.19. The zero-order valence-electron chi connectivity index (χ0n) is 18.6. The van der Waals surface area contributed by atoms with Crippen molar-refractivity contribution in [2.45, 2.75) is 24.0 Å². The van der Waals surface area contributed by atoms with Crippen LogP contribution in [-0.2, 0) is 23.9 Å². The molecule has 1 unspecified atom stereocenters. The third-order valence-corrected chi connectivity index (χ3v) is 7.06. The minimum Gasteiger partial charge on any atom is -0.508 e. The first-order valence-corrected chi connectivity index (χ1v) is 10.4. The molecular weight excluding hydrogens is 448 g/mol. The van der Waals surface area contributed by atoms with Crippen molar-refractivity contribution < 1.29 is 44.3 Å². The van der Waals surface area contributed by atoms with Crippen LogP contribution in [-0.4, -0.2) is 81.6 Å². The summed E-state index contributed by atoms with van der Waals surface area (Å²) in [6.45, 7) is 0. The van der Waals surface area contributed by atoms with Gasteiger partial charge in [-0.25, -0.2) is 0 Å². The van der Waals surface area contributed by atoms with E-state index in [4.69, 9.17) is 10.5 Å². The minimum atomic E-state index is -2.78. The monoisotopic (exact) mass is 472 g/mol. The Kier molecular flexibility index (Phi) is 5.29. The smallest absolute Gasteiger partial charge is 0.313 e. The number of nitrogens with two attached hydrogens (primary N) is 1. The molecule has 0 radical (unpaired) electrons. The number of ether oxygens (including phenoxy) is 1. The average molecular weight is 472 g/mol. The van der Waals surface area contributed by atoms with Gasteiger partial charge in [0.2, 0.25) is 5.78 Å². The number of ketones is 2. The number of rotatable bonds is 3. The summed E-state index contributed by atoms with van der Waals surface area (Å²) in [5.74, 6) is -9.98. The average Bonchev–Trinajstić information content (AvgIpc) is 2.75. The van der Waals surface area contributed by atoms with Crippen molar-refractivity contribution in [1.82, 2.24) is 4.90 Å². The minimum absolute atomic E-state index is 0.186. The quantitative estimate of drug-likeness (QED) is 0.288. The van der Waals surface area contributed by atoms with Crippen LogP contribution in [0, 0.1) is 11.8 Å². The van der Waals surface area contributed by atoms with Gasteiger partial charge in [-0.2, -0.15) is 0 Å². The number of fused-ring (bicyclic) bond motifs is 3. The van der Waals surface area contributed by atoms with Gasteiger partial charge in [-0.15, -0.1) is 0 Å². The largest absolute Gasteiger partial charge is 0.508 e. The molecule has 1 aromatic rings. The number of amides is 1. The van der Waals surface area contributed by atoms with Crippen molar-refractivity contribution in [2.75, 3.05) is 21.2 Å². The molecule has 0 aliphatic heterocycles. The highest BCUT2D eigenvalue weighted by molar-refractivity contribution is 6.24. The van der Waals surface area contributed by atoms with Crippen LogP contribution in [0.25, 0.3) is 5.76 Å². The maximum absolute atomic E-state index is 13.8. The topological polar surface area (TPSA) is 188 Å². The van der Waals surface area contributed by atoms with Crippen molar-refractivity contribution in [2.24, 2.45) is 17.6 Å². The third kappa shape index (κ3) is 2.83. The molecule has 11 nitrogen and oxygen atoms in total. The molecule has 0 heterocycles. The predicted octanol–water partition coefficient (Wildman–Crippen LogP) is -0.322. The van der Waals surface area contributed by atoms with E-state index in [2.05, 4.69) is 0 Å². The van der Waals surface area contributed by atoms with Crippen molar-refractivity contribution in [3.8, 4) is 5.75 Å². The molecule has 5 atom stereocenters. The normalized spacial score (nSPS) is 30.6. The van der Waals surface area contributed by atoms with E-state index in [-0.39, 0.29) is 17.5 Å². The first-order chi connectivity index (χ1) is 15.9. The van der Waals surface area contributed by atoms with Crippen LogP contribution in [0.3, 0.4) is 0 Å². The summed E-state index contributed by atoms with van der Waals surface area (Å²) >= 11 is 0. The van der Waals surface area contributed by atoms with Gasteiger partial charge in [0, 0.05) is 17.4 Å². The summed E-state index contributed by atoms with van der Waals surface area (Å²) < 4.78 is 4.94. The number of carbonyl (C=O) groups is 4. The van der Waals surface area contributed by atoms with E-state index >= 15 is 0 Å². The fraction of sp³-hybridized carbons (Fsp3) is 0.391. The highest BCUT2D eigenvalue weighted by Gasteiger charge is 2.65. The molecular formula is C23H24N2O9. The zero-order chi connectivity index (χ0) is 25.3. The number of aliphatic hydroxyl groups excluding tert-OH is 2. The number of Topliss-reactive ketones (excluding diaryl/α,β-unsaturated/α-hetero) is 2. The van der Waals surface area contributed by atoms with Gasteiger partial charge in [-0.1, -0.05) is 12.1 Å². The maximum atomic E-state index is 13.8. The summed E-state index contributed by atoms with van der Waals surface area (Å²) in [6.07, 6.45) is -0.221. The molecule has 1 aromatic carbocycles. The van der Waals surface area contributed by atoms with Crippen molar-refractivity contribution in [3.05, 3.63) is 46.2 Å². The number of aromatic hydroxyl groups is 1. The summed E-state index contributed by atoms with van der Waals surface area (Å²) in [4.78, 5) is 53.1. The van der Waals surface area contributed by atoms with E-state index in [0.717, 1.165) is 7.11 Å². The Bertz CT molecular complexity index is 1210. The first-order valence-electron chi connectivity index (χ1n) is 10.4. The molecule has 0 spiro atoms. The molecule has 3 aliphatic rings. The third-order valence-electron chi connectivity index (χ3n) is 7.06. The number of hydrogen-bond acceptors (Lipinski definition) is 10. The van der Waals surface area contributed by atoms with E-state index in [1.807, 2.05) is 0 Å². The Labute approximate surface area is 193 Å². The molecule has 11 heteroatoms. The molecule has 0 bridgehead atoms. The lowest BCUT2D eigenvalue weighted by Gasteiger charge is -2.51. The van der Waals surface area contributed by atoms with Crippen LogP contribution in [0.15, 0.2) is 35.1 Å². The van der Waals surface area contributed by atoms with Gasteiger partial charge in [-0.05, 0) is 32.1 Å². The first kappa shape index (κ1) is 23.5. The highest BCUT2D eigenvalue weighted by atomic mass is 16.5. The van der Waals surface area contributed by atoms with Gasteiger partial charge in [0.05, 0.1) is 24.6 Å². The SMILES string of the molecule is COC(=O)C1c2cccc(O)c2C(O)=C2C(=O)[C@]3(O)C(O)=C(C(N)=O)C(=O)[C@@H](N(C)C)[C@@H]3C[C@@H]21. The van der Waals surface area contributed by atoms with Gasteiger partial charge in [0.25, 0.3) is 5.91 Å². The summed E-state index contributed by atoms with van der Waals surface area (Å²) in [7, 11) is 4.12. The van der Waals surface area contributed by atoms with Crippen molar-refractivity contribution in [3.63, 3.8) is 0 Å². The van der Waals surface area contributed by atoms with Crippen LogP contribution in [0.2, 0.25) is 0 Å². The van der Waals surface area contributed by atoms with Crippen LogP contribution in [0.4, 0.5) is 0 Å². The Morgan fingerprint density at radius 3 is 2.38 bits per heavy atom. The fourth-order valence-electron chi connectivity index (χ4n) is 5.65. The molecule has 0 saturated heterocycles. The highest BCUT2D eigenvalue weighted by Crippen LogP contribution is 2.56. The predicted molar refractivity (Wildman–Crippen MR) is 115 cm³/mol. The lowest BCUT2D eigenvalue weighted by molar-refractivity contribution is -0.155. The van der Waals surface area contributed by atoms with Crippen molar-refractivity contribution >= 4 is 29.2 Å². The second-order valence-electron chi connectivity index (χ2n) is 8.91. The van der Waals surface area contributed by atoms with Crippen LogP contribution < -0.4 is 5.73 Å². The van der Waals surface area contributed by atoms with Crippen molar-refractivity contribution in [1.29, 1.82) is 0 Å². The van der Waals surface area contributed by atoms with Crippen LogP contribution in [0.5, 0.6) is 5.75 Å². The van der Waals surface area contributed by atoms with Gasteiger partial charge in [0.1, 0.15) is 22.8 Å². The van der Waals surface area contributed by atoms with E-state index in [0.29, 0.717) is 0 Å². The Balaban J connectivity index is 2.05. The number of hydrogen-bond donors (Lipinski definition) is 5. The standard InChI is InChI=1S/C23H24N2O9/c1-25(2)16-10-7-9-12(22(32)34-3)8-5-4-6-11(26)13(8)17(27)14(9)19(29)23(10,33)20(30)15(18(16)28)21(24)31/h4-6,9-10,12,16,26-27,30,33H,7H2,1-3H3,(H2,24,31)/t9-,10+,12?,16+,23+/m1/s1. The Morgan fingerprint density at radius 1 is 1.18 bits per heavy atom. The van der Waals surface area contributed by atoms with E-state index in [1.165, 1.54) is 37.2 Å². The van der Waals surface area contributed by atoms with Gasteiger partial charge >= 0.3 is 5.97 Å². The van der Waals surface area contributed by atoms with Crippen LogP contribution >= 0.6 is 0 Å². The lowest BCUT2D eigenvalue weighted by Crippen LogP contribution is -2.66. The fourth-order valence-corrected chi connectivity index (χ4v) is 5.65. The maximum Gasteiger partial charge on any atom is 0.313 e. The number of likely N-dealkylation sites (N-methyl/N-ethyl adjacent to an activating group) is 1. The number of aliphatic hydroxyl groups is 3. The number of benzene rings is 1. The molecule has 1 saturated carbocycles. The molecule has 1 amide bonds. The molecule has 3 aliphatic carbocycles. The Morgan fingerprint density at radius 2 is 1.82 bits per heavy atom. The van der Waals surface area contributed by atoms with Gasteiger partial charge in [-0.3, -0.25) is 24.1 Å². The number of phenolic OH excluding ortho intramolecular Hbond substituents is 1. The molecule has 4 rings (SSSR count). The van der Waals surface area contributed by atoms with E-state index < -0.39 is 81.3 Å². The molecule has 1 fully saturated rings. The number of esters is 1. The number of nitrogens with zero attached hydrogens (tertiary/aromatic N) is 1. The summed E-state index contributed by atoms with van der Waals surface area (Å²) in [6, 6.07) is 2.95. The van der Waals surface area contributed by atoms with Crippen LogP contribution in [0.1, 0.15) is 23.5 Å². The van der Waals surface area contributed by atoms with E-state index in [9.17, 15) is 39.6 Å². The lowest BCUT2D eigenvalue weighted by atomic mass is 9.55. The Hall–Kier alpha value is -3.70. The molecule has 34 heavy (non-hydrogen) atoms. The molecule has 0 aromatic heterocycles. The molecule has 180 valence electrons. The second-order valence-corrected chi connectivity index (χ2v) is 8.91. The van der Waals surface area contributed by atoms with Gasteiger partial charge in [0.15, 0.2) is 11.4 Å². The van der Waals surface area contributed by atoms with Gasteiger partial charge < -0.3 is 30.9 Å². The number of primary amides is 1. The number of methoxy groups -OCH3 is 1.